The summed E-state index contributed by atoms with van der Waals surface area (Å²) in [5.74, 6) is 0. The van der Waals surface area contributed by atoms with E-state index in [1.807, 2.05) is 0 Å². The zero-order chi connectivity index (χ0) is 14.3. The van der Waals surface area contributed by atoms with Gasteiger partial charge in [0.15, 0.2) is 0 Å². The first-order valence-electron chi connectivity index (χ1n) is 5.58. The van der Waals surface area contributed by atoms with E-state index in [0.29, 0.717) is 31.9 Å². The first kappa shape index (κ1) is 15.3. The zero-order valence-corrected chi connectivity index (χ0v) is 11.2. The van der Waals surface area contributed by atoms with Gasteiger partial charge in [-0.3, -0.25) is 4.79 Å². The van der Waals surface area contributed by atoms with Gasteiger partial charge in [0, 0.05) is 20.2 Å². The number of hydrogen-bond donors (Lipinski definition) is 3. The lowest BCUT2D eigenvalue weighted by molar-refractivity contribution is 0.182. The Hall–Kier alpha value is -1.80. The van der Waals surface area contributed by atoms with E-state index in [1.165, 1.54) is 18.0 Å². The van der Waals surface area contributed by atoms with E-state index in [-0.39, 0.29) is 5.02 Å². The third-order valence-corrected chi connectivity index (χ3v) is 2.60. The summed E-state index contributed by atoms with van der Waals surface area (Å²) in [6, 6.07) is -0.610. The Kier molecular flexibility index (Phi) is 6.10. The van der Waals surface area contributed by atoms with Gasteiger partial charge in [-0.05, 0) is 0 Å². The number of nitrogens with one attached hydrogen (secondary N) is 2. The molecular weight excluding hydrogens is 274 g/mol. The second-order valence-corrected chi connectivity index (χ2v) is 3.99. The number of carbonyl (C=O) groups is 1. The highest BCUT2D eigenvalue weighted by molar-refractivity contribution is 6.32. The molecular formula is C10H16ClN5O3. The molecule has 0 aliphatic carbocycles. The number of aromatic nitrogens is 2. The normalized spacial score (nSPS) is 10.2. The number of nitrogens with zero attached hydrogens (tertiary/aromatic N) is 2. The standard InChI is InChI=1S/C10H16ClN5O3/c1-19-5-4-16-9(17)8(11)7(6-15-16)13-2-3-14-10(12)18/h6,13H,2-5H2,1H3,(H3,12,14,18). The Morgan fingerprint density at radius 1 is 1.58 bits per heavy atom. The van der Waals surface area contributed by atoms with Crippen LogP contribution >= 0.6 is 11.6 Å². The summed E-state index contributed by atoms with van der Waals surface area (Å²) in [4.78, 5) is 22.3. The number of hydrogen-bond acceptors (Lipinski definition) is 5. The highest BCUT2D eigenvalue weighted by Gasteiger charge is 2.08. The SMILES string of the molecule is COCCn1ncc(NCCNC(N)=O)c(Cl)c1=O. The van der Waals surface area contributed by atoms with E-state index in [1.54, 1.807) is 0 Å². The number of anilines is 1. The molecule has 9 heteroatoms. The van der Waals surface area contributed by atoms with Crippen molar-refractivity contribution in [2.24, 2.45) is 5.73 Å². The summed E-state index contributed by atoms with van der Waals surface area (Å²) in [5, 5.41) is 9.29. The van der Waals surface area contributed by atoms with E-state index >= 15 is 0 Å². The van der Waals surface area contributed by atoms with Crippen LogP contribution in [0.5, 0.6) is 0 Å². The maximum absolute atomic E-state index is 11.8. The van der Waals surface area contributed by atoms with Gasteiger partial charge in [0.25, 0.3) is 5.56 Å². The third kappa shape index (κ3) is 4.76. The van der Waals surface area contributed by atoms with E-state index in [0.717, 1.165) is 0 Å². The van der Waals surface area contributed by atoms with Crippen LogP contribution in [0.15, 0.2) is 11.0 Å². The predicted molar refractivity (Wildman–Crippen MR) is 71.5 cm³/mol. The summed E-state index contributed by atoms with van der Waals surface area (Å²) >= 11 is 5.93. The van der Waals surface area contributed by atoms with Gasteiger partial charge in [-0.2, -0.15) is 5.10 Å². The number of primary amides is 1. The molecule has 0 spiro atoms. The minimum Gasteiger partial charge on any atom is -0.383 e. The molecule has 0 bridgehead atoms. The molecule has 1 heterocycles. The minimum atomic E-state index is -0.610. The molecule has 19 heavy (non-hydrogen) atoms. The van der Waals surface area contributed by atoms with Crippen LogP contribution in [-0.4, -0.2) is 42.6 Å². The van der Waals surface area contributed by atoms with Crippen molar-refractivity contribution in [3.05, 3.63) is 21.6 Å². The molecule has 0 radical (unpaired) electrons. The van der Waals surface area contributed by atoms with Crippen molar-refractivity contribution in [1.29, 1.82) is 0 Å². The number of urea groups is 1. The molecule has 0 unspecified atom stereocenters. The van der Waals surface area contributed by atoms with Crippen molar-refractivity contribution < 1.29 is 9.53 Å². The fourth-order valence-corrected chi connectivity index (χ4v) is 1.52. The van der Waals surface area contributed by atoms with Gasteiger partial charge >= 0.3 is 6.03 Å². The summed E-state index contributed by atoms with van der Waals surface area (Å²) in [6.45, 7) is 1.40. The van der Waals surface area contributed by atoms with Crippen LogP contribution in [0.3, 0.4) is 0 Å². The molecule has 0 atom stereocenters. The van der Waals surface area contributed by atoms with Gasteiger partial charge in [0.2, 0.25) is 0 Å². The Bertz CT molecular complexity index is 491. The molecule has 0 saturated carbocycles. The van der Waals surface area contributed by atoms with Crippen molar-refractivity contribution in [2.45, 2.75) is 6.54 Å². The number of carbonyl (C=O) groups excluding carboxylic acids is 1. The van der Waals surface area contributed by atoms with Crippen molar-refractivity contribution in [3.8, 4) is 0 Å². The van der Waals surface area contributed by atoms with Crippen LogP contribution in [-0.2, 0) is 11.3 Å². The molecule has 8 nitrogen and oxygen atoms in total. The molecule has 1 aromatic heterocycles. The second kappa shape index (κ2) is 7.59. The summed E-state index contributed by atoms with van der Waals surface area (Å²) in [5.41, 5.74) is 4.92. The number of ether oxygens (including phenoxy) is 1. The van der Waals surface area contributed by atoms with Gasteiger partial charge in [0.1, 0.15) is 5.02 Å². The molecule has 0 aliphatic heterocycles. The van der Waals surface area contributed by atoms with Gasteiger partial charge in [-0.1, -0.05) is 11.6 Å². The van der Waals surface area contributed by atoms with Crippen LogP contribution in [0, 0.1) is 0 Å². The third-order valence-electron chi connectivity index (χ3n) is 2.23. The monoisotopic (exact) mass is 289 g/mol. The first-order valence-corrected chi connectivity index (χ1v) is 5.95. The molecule has 0 aromatic carbocycles. The first-order chi connectivity index (χ1) is 9.06. The maximum atomic E-state index is 11.8. The van der Waals surface area contributed by atoms with E-state index in [4.69, 9.17) is 22.1 Å². The minimum absolute atomic E-state index is 0.0465. The lowest BCUT2D eigenvalue weighted by Gasteiger charge is -2.10. The van der Waals surface area contributed by atoms with Crippen LogP contribution in [0.1, 0.15) is 0 Å². The molecule has 106 valence electrons. The lowest BCUT2D eigenvalue weighted by Crippen LogP contribution is -2.33. The van der Waals surface area contributed by atoms with Crippen LogP contribution < -0.4 is 21.9 Å². The van der Waals surface area contributed by atoms with Gasteiger partial charge in [0.05, 0.1) is 25.0 Å². The predicted octanol–water partition coefficient (Wildman–Crippen LogP) is -0.377. The summed E-state index contributed by atoms with van der Waals surface area (Å²) in [6.07, 6.45) is 1.45. The van der Waals surface area contributed by atoms with Crippen LogP contribution in [0.25, 0.3) is 0 Å². The number of nitrogens with two attached hydrogens (primary N) is 1. The quantitative estimate of drug-likeness (QED) is 0.593. The fraction of sp³-hybridized carbons (Fsp3) is 0.500. The van der Waals surface area contributed by atoms with Crippen molar-refractivity contribution >= 4 is 23.3 Å². The molecule has 4 N–H and O–H groups in total. The Morgan fingerprint density at radius 2 is 2.32 bits per heavy atom. The van der Waals surface area contributed by atoms with Gasteiger partial charge in [-0.25, -0.2) is 9.48 Å². The average Bonchev–Trinajstić information content (AvgIpc) is 2.38. The fourth-order valence-electron chi connectivity index (χ4n) is 1.31. The van der Waals surface area contributed by atoms with Gasteiger partial charge < -0.3 is 21.1 Å². The molecule has 2 amide bonds. The molecule has 1 rings (SSSR count). The second-order valence-electron chi connectivity index (χ2n) is 3.61. The number of rotatable bonds is 7. The number of methoxy groups -OCH3 is 1. The largest absolute Gasteiger partial charge is 0.383 e. The van der Waals surface area contributed by atoms with E-state index in [9.17, 15) is 9.59 Å². The summed E-state index contributed by atoms with van der Waals surface area (Å²) < 4.78 is 6.08. The smallest absolute Gasteiger partial charge is 0.312 e. The highest BCUT2D eigenvalue weighted by atomic mass is 35.5. The van der Waals surface area contributed by atoms with E-state index < -0.39 is 11.6 Å². The molecule has 0 saturated heterocycles. The van der Waals surface area contributed by atoms with Gasteiger partial charge in [-0.15, -0.1) is 0 Å². The highest BCUT2D eigenvalue weighted by Crippen LogP contribution is 2.14. The Morgan fingerprint density at radius 3 is 2.95 bits per heavy atom. The maximum Gasteiger partial charge on any atom is 0.312 e. The average molecular weight is 290 g/mol. The Balaban J connectivity index is 2.63. The molecule has 1 aromatic rings. The van der Waals surface area contributed by atoms with Crippen molar-refractivity contribution in [2.75, 3.05) is 32.1 Å². The van der Waals surface area contributed by atoms with Crippen LogP contribution in [0.4, 0.5) is 10.5 Å². The zero-order valence-electron chi connectivity index (χ0n) is 10.5. The molecule has 0 fully saturated rings. The Labute approximate surface area is 114 Å². The van der Waals surface area contributed by atoms with E-state index in [2.05, 4.69) is 15.7 Å². The topological polar surface area (TPSA) is 111 Å². The number of halogens is 1. The van der Waals surface area contributed by atoms with Crippen LogP contribution in [0.2, 0.25) is 5.02 Å². The molecule has 0 aliphatic rings. The number of amides is 2. The van der Waals surface area contributed by atoms with Crippen molar-refractivity contribution in [1.82, 2.24) is 15.1 Å². The van der Waals surface area contributed by atoms with Crippen molar-refractivity contribution in [3.63, 3.8) is 0 Å². The lowest BCUT2D eigenvalue weighted by atomic mass is 10.4. The summed E-state index contributed by atoms with van der Waals surface area (Å²) in [7, 11) is 1.54.